The highest BCUT2D eigenvalue weighted by atomic mass is 32.2. The van der Waals surface area contributed by atoms with Crippen molar-refractivity contribution in [3.8, 4) is 5.75 Å². The van der Waals surface area contributed by atoms with Gasteiger partial charge in [0.15, 0.2) is 0 Å². The third-order valence-electron chi connectivity index (χ3n) is 6.00. The van der Waals surface area contributed by atoms with Crippen LogP contribution in [0.3, 0.4) is 0 Å². The summed E-state index contributed by atoms with van der Waals surface area (Å²) in [6.07, 6.45) is 3.25. The molecule has 0 bridgehead atoms. The summed E-state index contributed by atoms with van der Waals surface area (Å²) in [7, 11) is -1.28. The van der Waals surface area contributed by atoms with Gasteiger partial charge in [-0.15, -0.1) is 0 Å². The standard InChI is InChI=1S/C25H31N3O3S/c1-17(2)21-9-10-24(28-14-19(15-28)16-32(4,29)30)23-13-27-25(11-22(21)23)26-12-18-5-7-20(31-3)8-6-18/h5-11,13,17,19H,12,14-16H2,1-4H3,(H,26,27). The maximum Gasteiger partial charge on any atom is 0.147 e. The Morgan fingerprint density at radius 2 is 1.84 bits per heavy atom. The molecule has 2 aromatic carbocycles. The number of sulfone groups is 1. The minimum absolute atomic E-state index is 0.197. The number of hydrogen-bond donors (Lipinski definition) is 1. The highest BCUT2D eigenvalue weighted by Gasteiger charge is 2.30. The predicted octanol–water partition coefficient (Wildman–Crippen LogP) is 4.46. The number of ether oxygens (including phenoxy) is 1. The van der Waals surface area contributed by atoms with Gasteiger partial charge < -0.3 is 15.0 Å². The van der Waals surface area contributed by atoms with Gasteiger partial charge in [-0.3, -0.25) is 0 Å². The van der Waals surface area contributed by atoms with Crippen molar-refractivity contribution >= 4 is 32.1 Å². The zero-order chi connectivity index (χ0) is 22.9. The summed E-state index contributed by atoms with van der Waals surface area (Å²) in [5, 5.41) is 5.74. The van der Waals surface area contributed by atoms with Crippen LogP contribution in [0.1, 0.15) is 30.9 Å². The van der Waals surface area contributed by atoms with E-state index in [1.54, 1.807) is 7.11 Å². The maximum absolute atomic E-state index is 11.6. The molecule has 2 heterocycles. The summed E-state index contributed by atoms with van der Waals surface area (Å²) < 4.78 is 28.4. The third kappa shape index (κ3) is 4.99. The quantitative estimate of drug-likeness (QED) is 0.543. The van der Waals surface area contributed by atoms with Crippen molar-refractivity contribution in [2.45, 2.75) is 26.3 Å². The summed E-state index contributed by atoms with van der Waals surface area (Å²) in [6.45, 7) is 6.61. The molecule has 1 saturated heterocycles. The lowest BCUT2D eigenvalue weighted by atomic mass is 9.93. The number of hydrogen-bond acceptors (Lipinski definition) is 6. The van der Waals surface area contributed by atoms with Gasteiger partial charge in [0, 0.05) is 49.1 Å². The van der Waals surface area contributed by atoms with E-state index in [4.69, 9.17) is 4.74 Å². The zero-order valence-electron chi connectivity index (χ0n) is 19.1. The number of nitrogens with one attached hydrogen (secondary N) is 1. The molecule has 0 amide bonds. The van der Waals surface area contributed by atoms with Crippen LogP contribution in [0.15, 0.2) is 48.7 Å². The van der Waals surface area contributed by atoms with Crippen LogP contribution in [0.2, 0.25) is 0 Å². The van der Waals surface area contributed by atoms with Crippen molar-refractivity contribution in [1.29, 1.82) is 0 Å². The first-order valence-electron chi connectivity index (χ1n) is 11.0. The molecule has 3 aromatic rings. The number of anilines is 2. The van der Waals surface area contributed by atoms with Gasteiger partial charge in [0.25, 0.3) is 0 Å². The van der Waals surface area contributed by atoms with E-state index in [1.807, 2.05) is 30.5 Å². The van der Waals surface area contributed by atoms with Crippen molar-refractivity contribution in [2.75, 3.05) is 42.4 Å². The van der Waals surface area contributed by atoms with Gasteiger partial charge in [0.1, 0.15) is 21.4 Å². The van der Waals surface area contributed by atoms with Crippen molar-refractivity contribution in [1.82, 2.24) is 4.98 Å². The minimum atomic E-state index is -2.94. The molecule has 7 heteroatoms. The molecule has 4 rings (SSSR count). The number of fused-ring (bicyclic) bond motifs is 1. The smallest absolute Gasteiger partial charge is 0.147 e. The van der Waals surface area contributed by atoms with Crippen LogP contribution >= 0.6 is 0 Å². The molecule has 0 radical (unpaired) electrons. The molecule has 1 aromatic heterocycles. The zero-order valence-corrected chi connectivity index (χ0v) is 19.9. The molecule has 6 nitrogen and oxygen atoms in total. The predicted molar refractivity (Wildman–Crippen MR) is 132 cm³/mol. The Balaban J connectivity index is 1.56. The summed E-state index contributed by atoms with van der Waals surface area (Å²) in [4.78, 5) is 6.94. The molecular formula is C25H31N3O3S. The van der Waals surface area contributed by atoms with Crippen LogP contribution in [0.25, 0.3) is 10.8 Å². The summed E-state index contributed by atoms with van der Waals surface area (Å²) in [5.41, 5.74) is 3.57. The molecule has 0 saturated carbocycles. The van der Waals surface area contributed by atoms with E-state index < -0.39 is 9.84 Å². The third-order valence-corrected chi connectivity index (χ3v) is 7.08. The van der Waals surface area contributed by atoms with Gasteiger partial charge >= 0.3 is 0 Å². The van der Waals surface area contributed by atoms with Gasteiger partial charge in [-0.2, -0.15) is 0 Å². The van der Waals surface area contributed by atoms with E-state index in [9.17, 15) is 8.42 Å². The van der Waals surface area contributed by atoms with E-state index in [-0.39, 0.29) is 11.7 Å². The second-order valence-corrected chi connectivity index (χ2v) is 11.2. The minimum Gasteiger partial charge on any atom is -0.497 e. The number of nitrogens with zero attached hydrogens (tertiary/aromatic N) is 2. The van der Waals surface area contributed by atoms with E-state index in [1.165, 1.54) is 17.2 Å². The average molecular weight is 454 g/mol. The van der Waals surface area contributed by atoms with Crippen molar-refractivity contribution in [3.05, 3.63) is 59.8 Å². The first-order chi connectivity index (χ1) is 15.2. The summed E-state index contributed by atoms with van der Waals surface area (Å²) >= 11 is 0. The van der Waals surface area contributed by atoms with Gasteiger partial charge in [-0.25, -0.2) is 13.4 Å². The molecular weight excluding hydrogens is 422 g/mol. The molecule has 0 unspecified atom stereocenters. The molecule has 0 spiro atoms. The van der Waals surface area contributed by atoms with Crippen LogP contribution in [-0.4, -0.2) is 45.6 Å². The fourth-order valence-electron chi connectivity index (χ4n) is 4.36. The topological polar surface area (TPSA) is 71.5 Å². The SMILES string of the molecule is COc1ccc(CNc2cc3c(C(C)C)ccc(N4CC(CS(C)(=O)=O)C4)c3cn2)cc1. The highest BCUT2D eigenvalue weighted by molar-refractivity contribution is 7.90. The number of benzene rings is 2. The van der Waals surface area contributed by atoms with Gasteiger partial charge in [0.05, 0.1) is 12.9 Å². The number of rotatable bonds is 8. The van der Waals surface area contributed by atoms with Gasteiger partial charge in [0.2, 0.25) is 0 Å². The Bertz CT molecular complexity index is 1200. The van der Waals surface area contributed by atoms with Crippen molar-refractivity contribution < 1.29 is 13.2 Å². The molecule has 1 aliphatic heterocycles. The summed E-state index contributed by atoms with van der Waals surface area (Å²) in [5.74, 6) is 2.52. The van der Waals surface area contributed by atoms with E-state index in [0.29, 0.717) is 12.5 Å². The largest absolute Gasteiger partial charge is 0.497 e. The lowest BCUT2D eigenvalue weighted by Gasteiger charge is -2.41. The highest BCUT2D eigenvalue weighted by Crippen LogP contribution is 2.36. The molecule has 170 valence electrons. The fourth-order valence-corrected chi connectivity index (χ4v) is 5.43. The fraction of sp³-hybridized carbons (Fsp3) is 0.400. The van der Waals surface area contributed by atoms with E-state index in [2.05, 4.69) is 47.2 Å². The normalized spacial score (nSPS) is 14.6. The van der Waals surface area contributed by atoms with E-state index in [0.717, 1.165) is 41.3 Å². The Morgan fingerprint density at radius 3 is 2.47 bits per heavy atom. The maximum atomic E-state index is 11.6. The lowest BCUT2D eigenvalue weighted by molar-refractivity contribution is 0.414. The lowest BCUT2D eigenvalue weighted by Crippen LogP contribution is -2.49. The van der Waals surface area contributed by atoms with E-state index >= 15 is 0 Å². The van der Waals surface area contributed by atoms with Crippen molar-refractivity contribution in [2.24, 2.45) is 5.92 Å². The Morgan fingerprint density at radius 1 is 1.12 bits per heavy atom. The van der Waals surface area contributed by atoms with Crippen LogP contribution in [-0.2, 0) is 16.4 Å². The Hall–Kier alpha value is -2.80. The Kier molecular flexibility index (Phi) is 6.29. The molecule has 0 atom stereocenters. The molecule has 1 fully saturated rings. The average Bonchev–Trinajstić information content (AvgIpc) is 2.73. The molecule has 1 aliphatic rings. The second kappa shape index (κ2) is 8.98. The van der Waals surface area contributed by atoms with Crippen LogP contribution in [0, 0.1) is 5.92 Å². The van der Waals surface area contributed by atoms with Gasteiger partial charge in [-0.1, -0.05) is 32.0 Å². The number of pyridine rings is 1. The number of aromatic nitrogens is 1. The molecule has 32 heavy (non-hydrogen) atoms. The summed E-state index contributed by atoms with van der Waals surface area (Å²) in [6, 6.07) is 14.5. The van der Waals surface area contributed by atoms with Crippen LogP contribution in [0.4, 0.5) is 11.5 Å². The monoisotopic (exact) mass is 453 g/mol. The van der Waals surface area contributed by atoms with Gasteiger partial charge in [-0.05, 0) is 46.7 Å². The Labute approximate surface area is 190 Å². The van der Waals surface area contributed by atoms with Crippen molar-refractivity contribution in [3.63, 3.8) is 0 Å². The van der Waals surface area contributed by atoms with Crippen LogP contribution < -0.4 is 15.0 Å². The first kappa shape index (κ1) is 22.4. The number of methoxy groups -OCH3 is 1. The molecule has 0 aliphatic carbocycles. The van der Waals surface area contributed by atoms with Crippen LogP contribution in [0.5, 0.6) is 5.75 Å². The first-order valence-corrected chi connectivity index (χ1v) is 13.0. The second-order valence-electron chi connectivity index (χ2n) is 9.01. The molecule has 1 N–H and O–H groups in total.